The summed E-state index contributed by atoms with van der Waals surface area (Å²) in [5.41, 5.74) is 6.64. The normalized spacial score (nSPS) is 13.6. The number of carbonyl (C=O) groups excluding carboxylic acids is 1. The molecule has 0 atom stereocenters. The highest BCUT2D eigenvalue weighted by Crippen LogP contribution is 2.16. The van der Waals surface area contributed by atoms with Crippen molar-refractivity contribution in [1.82, 2.24) is 30.2 Å². The van der Waals surface area contributed by atoms with Crippen molar-refractivity contribution in [3.63, 3.8) is 0 Å². The number of benzene rings is 1. The topological polar surface area (TPSA) is 87.1 Å². The van der Waals surface area contributed by atoms with E-state index in [1.54, 1.807) is 12.3 Å². The van der Waals surface area contributed by atoms with Crippen molar-refractivity contribution in [3.8, 4) is 0 Å². The number of hydrogen-bond acceptors (Lipinski definition) is 4. The van der Waals surface area contributed by atoms with Crippen LogP contribution in [0.3, 0.4) is 0 Å². The zero-order chi connectivity index (χ0) is 21.9. The fraction of sp³-hybridized carbons (Fsp3) is 0.160. The second kappa shape index (κ2) is 8.64. The van der Waals surface area contributed by atoms with E-state index in [-0.39, 0.29) is 5.91 Å². The van der Waals surface area contributed by atoms with Crippen molar-refractivity contribution in [1.29, 1.82) is 0 Å². The van der Waals surface area contributed by atoms with Gasteiger partial charge in [0.05, 0.1) is 29.5 Å². The van der Waals surface area contributed by atoms with Crippen LogP contribution >= 0.6 is 0 Å². The van der Waals surface area contributed by atoms with Crippen LogP contribution in [0.1, 0.15) is 28.0 Å². The number of carbonyl (C=O) groups is 1. The first-order chi connectivity index (χ1) is 15.7. The molecule has 160 valence electrons. The van der Waals surface area contributed by atoms with Gasteiger partial charge in [-0.2, -0.15) is 5.10 Å². The van der Waals surface area contributed by atoms with Crippen molar-refractivity contribution < 1.29 is 4.79 Å². The van der Waals surface area contributed by atoms with Gasteiger partial charge < -0.3 is 15.0 Å². The number of hydrogen-bond donors (Lipinski definition) is 3. The van der Waals surface area contributed by atoms with Crippen LogP contribution in [-0.4, -0.2) is 32.0 Å². The molecule has 0 saturated heterocycles. The number of fused-ring (bicyclic) bond motifs is 2. The van der Waals surface area contributed by atoms with Gasteiger partial charge in [0, 0.05) is 30.9 Å². The molecule has 3 aromatic heterocycles. The van der Waals surface area contributed by atoms with Gasteiger partial charge in [0.25, 0.3) is 5.91 Å². The van der Waals surface area contributed by atoms with Gasteiger partial charge in [-0.05, 0) is 35.8 Å². The molecule has 0 bridgehead atoms. The van der Waals surface area contributed by atoms with Crippen molar-refractivity contribution >= 4 is 22.5 Å². The quantitative estimate of drug-likeness (QED) is 0.422. The third-order valence-corrected chi connectivity index (χ3v) is 5.48. The average molecular weight is 425 g/mol. The largest absolute Gasteiger partial charge is 0.346 e. The summed E-state index contributed by atoms with van der Waals surface area (Å²) in [6.07, 6.45) is 13.1. The minimum absolute atomic E-state index is 0.146. The molecule has 3 heterocycles. The molecule has 0 aliphatic heterocycles. The lowest BCUT2D eigenvalue weighted by molar-refractivity contribution is 0.0952. The monoisotopic (exact) mass is 424 g/mol. The zero-order valence-corrected chi connectivity index (χ0v) is 17.6. The van der Waals surface area contributed by atoms with Crippen molar-refractivity contribution in [2.75, 3.05) is 6.54 Å². The van der Waals surface area contributed by atoms with Crippen LogP contribution in [0.25, 0.3) is 16.6 Å². The SMILES string of the molecule is C=C1C=C(CNCc2ccc3nc(CNC(=O)c4cccc5[nH]ncc45)cn3c2)C=CC1. The van der Waals surface area contributed by atoms with Crippen LogP contribution in [0.2, 0.25) is 0 Å². The summed E-state index contributed by atoms with van der Waals surface area (Å²) in [6.45, 7) is 5.94. The molecule has 1 aliphatic carbocycles. The molecule has 7 heteroatoms. The first-order valence-corrected chi connectivity index (χ1v) is 10.6. The summed E-state index contributed by atoms with van der Waals surface area (Å²) in [4.78, 5) is 17.3. The molecule has 32 heavy (non-hydrogen) atoms. The number of H-pyrrole nitrogens is 1. The number of aromatic amines is 1. The number of aromatic nitrogens is 4. The van der Waals surface area contributed by atoms with Crippen LogP contribution in [-0.2, 0) is 13.1 Å². The highest BCUT2D eigenvalue weighted by Gasteiger charge is 2.12. The minimum Gasteiger partial charge on any atom is -0.346 e. The Morgan fingerprint density at radius 1 is 1.16 bits per heavy atom. The Morgan fingerprint density at radius 2 is 2.09 bits per heavy atom. The number of nitrogens with one attached hydrogen (secondary N) is 3. The van der Waals surface area contributed by atoms with Crippen LogP contribution in [0, 0.1) is 0 Å². The third-order valence-electron chi connectivity index (χ3n) is 5.48. The van der Waals surface area contributed by atoms with E-state index in [0.717, 1.165) is 52.9 Å². The Morgan fingerprint density at radius 3 is 3.00 bits per heavy atom. The van der Waals surface area contributed by atoms with Crippen molar-refractivity contribution in [3.05, 3.63) is 102 Å². The molecular formula is C25H24N6O. The lowest BCUT2D eigenvalue weighted by atomic mass is 10.0. The number of imidazole rings is 1. The molecule has 1 amide bonds. The molecule has 0 spiro atoms. The number of rotatable bonds is 7. The maximum absolute atomic E-state index is 12.7. The van der Waals surface area contributed by atoms with Gasteiger partial charge in [0.1, 0.15) is 5.65 Å². The summed E-state index contributed by atoms with van der Waals surface area (Å²) in [7, 11) is 0. The van der Waals surface area contributed by atoms with Crippen molar-refractivity contribution in [2.24, 2.45) is 0 Å². The number of amides is 1. The predicted molar refractivity (Wildman–Crippen MR) is 125 cm³/mol. The van der Waals surface area contributed by atoms with E-state index < -0.39 is 0 Å². The summed E-state index contributed by atoms with van der Waals surface area (Å²) >= 11 is 0. The van der Waals surface area contributed by atoms with E-state index in [1.807, 2.05) is 28.8 Å². The fourth-order valence-electron chi connectivity index (χ4n) is 3.90. The van der Waals surface area contributed by atoms with Gasteiger partial charge in [0.2, 0.25) is 0 Å². The first-order valence-electron chi connectivity index (χ1n) is 10.6. The van der Waals surface area contributed by atoms with Gasteiger partial charge in [-0.1, -0.05) is 42.5 Å². The summed E-state index contributed by atoms with van der Waals surface area (Å²) < 4.78 is 2.00. The van der Waals surface area contributed by atoms with Gasteiger partial charge in [0.15, 0.2) is 0 Å². The van der Waals surface area contributed by atoms with Gasteiger partial charge in [-0.15, -0.1) is 0 Å². The second-order valence-corrected chi connectivity index (χ2v) is 7.94. The number of pyridine rings is 1. The Labute approximate surface area is 185 Å². The molecule has 3 N–H and O–H groups in total. The third kappa shape index (κ3) is 4.24. The first kappa shape index (κ1) is 20.0. The molecule has 7 nitrogen and oxygen atoms in total. The molecule has 0 saturated carbocycles. The lowest BCUT2D eigenvalue weighted by Crippen LogP contribution is -2.23. The second-order valence-electron chi connectivity index (χ2n) is 7.94. The highest BCUT2D eigenvalue weighted by atomic mass is 16.1. The van der Waals surface area contributed by atoms with Crippen LogP contribution in [0.4, 0.5) is 0 Å². The van der Waals surface area contributed by atoms with Gasteiger partial charge in [-0.3, -0.25) is 9.89 Å². The van der Waals surface area contributed by atoms with E-state index >= 15 is 0 Å². The van der Waals surface area contributed by atoms with E-state index in [2.05, 4.69) is 62.9 Å². The Bertz CT molecular complexity index is 1370. The van der Waals surface area contributed by atoms with E-state index in [0.29, 0.717) is 12.1 Å². The number of allylic oxidation sites excluding steroid dienone is 3. The van der Waals surface area contributed by atoms with Gasteiger partial charge >= 0.3 is 0 Å². The molecule has 1 aromatic carbocycles. The summed E-state index contributed by atoms with van der Waals surface area (Å²) in [6, 6.07) is 9.60. The molecule has 0 unspecified atom stereocenters. The zero-order valence-electron chi connectivity index (χ0n) is 17.6. The van der Waals surface area contributed by atoms with Crippen LogP contribution in [0.15, 0.2) is 84.9 Å². The van der Waals surface area contributed by atoms with Gasteiger partial charge in [-0.25, -0.2) is 4.98 Å². The number of nitrogens with zero attached hydrogens (tertiary/aromatic N) is 3. The molecule has 5 rings (SSSR count). The molecule has 0 radical (unpaired) electrons. The molecule has 4 aromatic rings. The Kier molecular flexibility index (Phi) is 5.39. The summed E-state index contributed by atoms with van der Waals surface area (Å²) in [5, 5.41) is 14.1. The molecule has 1 aliphatic rings. The average Bonchev–Trinajstić information content (AvgIpc) is 3.43. The Balaban J connectivity index is 1.21. The fourth-order valence-corrected chi connectivity index (χ4v) is 3.90. The Hall–Kier alpha value is -3.97. The van der Waals surface area contributed by atoms with E-state index in [4.69, 9.17) is 0 Å². The van der Waals surface area contributed by atoms with Crippen LogP contribution < -0.4 is 10.6 Å². The lowest BCUT2D eigenvalue weighted by Gasteiger charge is -2.10. The maximum atomic E-state index is 12.7. The van der Waals surface area contributed by atoms with Crippen molar-refractivity contribution in [2.45, 2.75) is 19.5 Å². The van der Waals surface area contributed by atoms with Crippen LogP contribution in [0.5, 0.6) is 0 Å². The minimum atomic E-state index is -0.146. The maximum Gasteiger partial charge on any atom is 0.252 e. The van der Waals surface area contributed by atoms with E-state index in [9.17, 15) is 4.79 Å². The highest BCUT2D eigenvalue weighted by molar-refractivity contribution is 6.05. The predicted octanol–water partition coefficient (Wildman–Crippen LogP) is 3.67. The summed E-state index contributed by atoms with van der Waals surface area (Å²) in [5.74, 6) is -0.146. The smallest absolute Gasteiger partial charge is 0.252 e. The standard InChI is InChI=1S/C25H24N6O/c1-17-4-2-5-18(10-17)11-26-12-19-8-9-24-29-20(16-31(24)15-19)13-27-25(32)21-6-3-7-23-22(21)14-28-30-23/h2-3,5-10,14-16,26H,1,4,11-13H2,(H,27,32)(H,28,30). The molecule has 0 fully saturated rings. The molecular weight excluding hydrogens is 400 g/mol. The van der Waals surface area contributed by atoms with E-state index in [1.165, 1.54) is 5.57 Å².